The van der Waals surface area contributed by atoms with Gasteiger partial charge in [-0.1, -0.05) is 18.3 Å². The van der Waals surface area contributed by atoms with E-state index in [1.807, 2.05) is 0 Å². The maximum absolute atomic E-state index is 11.3. The Balaban J connectivity index is 3.29. The van der Waals surface area contributed by atoms with E-state index in [9.17, 15) is 8.42 Å². The number of aromatic nitrogens is 1. The average Bonchev–Trinajstić information content (AvgIpc) is 2.31. The molecule has 0 amide bonds. The number of nitrogens with zero attached hydrogens (tertiary/aromatic N) is 1. The van der Waals surface area contributed by atoms with Gasteiger partial charge >= 0.3 is 0 Å². The zero-order chi connectivity index (χ0) is 9.35. The minimum absolute atomic E-state index is 0.0927. The molecule has 68 valence electrons. The summed E-state index contributed by atoms with van der Waals surface area (Å²) in [6.45, 7) is 3.25. The molecule has 0 aliphatic heterocycles. The van der Waals surface area contributed by atoms with Crippen LogP contribution >= 0.6 is 11.3 Å². The molecule has 4 nitrogen and oxygen atoms in total. The molecule has 0 fully saturated rings. The molecule has 1 aromatic rings. The Morgan fingerprint density at radius 1 is 1.58 bits per heavy atom. The molecule has 1 rings (SSSR count). The van der Waals surface area contributed by atoms with Crippen LogP contribution < -0.4 is 5.73 Å². The molecule has 0 spiro atoms. The predicted molar refractivity (Wildman–Crippen MR) is 49.0 cm³/mol. The molecular weight excluding hydrogens is 196 g/mol. The van der Waals surface area contributed by atoms with E-state index in [-0.39, 0.29) is 5.75 Å². The summed E-state index contributed by atoms with van der Waals surface area (Å²) >= 11 is 1.02. The van der Waals surface area contributed by atoms with Gasteiger partial charge < -0.3 is 5.73 Å². The first-order chi connectivity index (χ1) is 5.47. The van der Waals surface area contributed by atoms with Gasteiger partial charge in [0.05, 0.1) is 11.4 Å². The number of rotatable bonds is 2. The third-order valence-corrected chi connectivity index (χ3v) is 4.85. The van der Waals surface area contributed by atoms with Crippen LogP contribution in [0.4, 0.5) is 5.13 Å². The molecule has 0 saturated heterocycles. The van der Waals surface area contributed by atoms with Crippen LogP contribution in [0.2, 0.25) is 0 Å². The van der Waals surface area contributed by atoms with Gasteiger partial charge in [0.25, 0.3) is 0 Å². The van der Waals surface area contributed by atoms with Crippen molar-refractivity contribution >= 4 is 26.3 Å². The van der Waals surface area contributed by atoms with Gasteiger partial charge in [0, 0.05) is 0 Å². The molecule has 0 aliphatic carbocycles. The van der Waals surface area contributed by atoms with Crippen LogP contribution in [-0.4, -0.2) is 19.2 Å². The smallest absolute Gasteiger partial charge is 0.189 e. The normalized spacial score (nSPS) is 11.8. The highest BCUT2D eigenvalue weighted by atomic mass is 32.2. The number of thiazole rings is 1. The lowest BCUT2D eigenvalue weighted by molar-refractivity contribution is 0.598. The summed E-state index contributed by atoms with van der Waals surface area (Å²) < 4.78 is 23.0. The Kier molecular flexibility index (Phi) is 2.39. The van der Waals surface area contributed by atoms with Crippen molar-refractivity contribution < 1.29 is 8.42 Å². The SMILES string of the molecule is CCS(=O)(=O)c1sc(N)nc1C. The van der Waals surface area contributed by atoms with E-state index in [1.54, 1.807) is 13.8 Å². The lowest BCUT2D eigenvalue weighted by Crippen LogP contribution is -2.02. The second-order valence-corrected chi connectivity index (χ2v) is 5.83. The predicted octanol–water partition coefficient (Wildman–Crippen LogP) is 0.827. The van der Waals surface area contributed by atoms with Crippen LogP contribution in [0.25, 0.3) is 0 Å². The van der Waals surface area contributed by atoms with Gasteiger partial charge in [-0.25, -0.2) is 13.4 Å². The number of sulfone groups is 1. The molecule has 12 heavy (non-hydrogen) atoms. The quantitative estimate of drug-likeness (QED) is 0.777. The third kappa shape index (κ3) is 1.59. The van der Waals surface area contributed by atoms with Crippen LogP contribution in [-0.2, 0) is 9.84 Å². The first kappa shape index (κ1) is 9.47. The number of hydrogen-bond donors (Lipinski definition) is 1. The van der Waals surface area contributed by atoms with E-state index in [0.717, 1.165) is 11.3 Å². The van der Waals surface area contributed by atoms with E-state index in [1.165, 1.54) is 0 Å². The standard InChI is InChI=1S/C6H10N2O2S2/c1-3-12(9,10)5-4(2)8-6(7)11-5/h3H2,1-2H3,(H2,7,8). The molecule has 1 aromatic heterocycles. The van der Waals surface area contributed by atoms with Crippen molar-refractivity contribution in [2.45, 2.75) is 18.1 Å². The molecule has 6 heteroatoms. The molecule has 0 aliphatic rings. The highest BCUT2D eigenvalue weighted by Crippen LogP contribution is 2.25. The summed E-state index contributed by atoms with van der Waals surface area (Å²) in [5.74, 6) is 0.0927. The van der Waals surface area contributed by atoms with Crippen molar-refractivity contribution in [3.63, 3.8) is 0 Å². The molecule has 0 atom stereocenters. The van der Waals surface area contributed by atoms with Crippen LogP contribution in [0.1, 0.15) is 12.6 Å². The van der Waals surface area contributed by atoms with Gasteiger partial charge in [0.15, 0.2) is 15.0 Å². The lowest BCUT2D eigenvalue weighted by atomic mass is 10.6. The van der Waals surface area contributed by atoms with Crippen molar-refractivity contribution in [1.29, 1.82) is 0 Å². The molecule has 0 bridgehead atoms. The van der Waals surface area contributed by atoms with E-state index >= 15 is 0 Å². The Morgan fingerprint density at radius 2 is 2.17 bits per heavy atom. The summed E-state index contributed by atoms with van der Waals surface area (Å²) in [6.07, 6.45) is 0. The third-order valence-electron chi connectivity index (χ3n) is 1.43. The van der Waals surface area contributed by atoms with Gasteiger partial charge in [0.1, 0.15) is 4.21 Å². The van der Waals surface area contributed by atoms with Crippen LogP contribution in [0, 0.1) is 6.92 Å². The van der Waals surface area contributed by atoms with E-state index in [2.05, 4.69) is 4.98 Å². The maximum atomic E-state index is 11.3. The fraction of sp³-hybridized carbons (Fsp3) is 0.500. The van der Waals surface area contributed by atoms with Crippen molar-refractivity contribution in [2.75, 3.05) is 11.5 Å². The minimum atomic E-state index is -3.13. The minimum Gasteiger partial charge on any atom is -0.375 e. The van der Waals surface area contributed by atoms with Gasteiger partial charge in [-0.2, -0.15) is 0 Å². The van der Waals surface area contributed by atoms with Crippen molar-refractivity contribution in [3.8, 4) is 0 Å². The number of hydrogen-bond acceptors (Lipinski definition) is 5. The van der Waals surface area contributed by atoms with Crippen molar-refractivity contribution in [1.82, 2.24) is 4.98 Å². The first-order valence-electron chi connectivity index (χ1n) is 3.43. The molecule has 0 radical (unpaired) electrons. The van der Waals surface area contributed by atoms with Crippen molar-refractivity contribution in [3.05, 3.63) is 5.69 Å². The number of aryl methyl sites for hydroxylation is 1. The number of anilines is 1. The fourth-order valence-corrected chi connectivity index (χ4v) is 3.26. The number of nitrogen functional groups attached to an aromatic ring is 1. The maximum Gasteiger partial charge on any atom is 0.189 e. The zero-order valence-corrected chi connectivity index (χ0v) is 8.50. The molecule has 2 N–H and O–H groups in total. The summed E-state index contributed by atoms with van der Waals surface area (Å²) in [6, 6.07) is 0. The summed E-state index contributed by atoms with van der Waals surface area (Å²) in [4.78, 5) is 3.84. The highest BCUT2D eigenvalue weighted by Gasteiger charge is 2.18. The molecule has 0 unspecified atom stereocenters. The summed E-state index contributed by atoms with van der Waals surface area (Å²) in [5.41, 5.74) is 5.87. The van der Waals surface area contributed by atoms with Gasteiger partial charge in [-0.3, -0.25) is 0 Å². The van der Waals surface area contributed by atoms with Gasteiger partial charge in [0.2, 0.25) is 0 Å². The largest absolute Gasteiger partial charge is 0.375 e. The number of nitrogens with two attached hydrogens (primary N) is 1. The van der Waals surface area contributed by atoms with E-state index in [4.69, 9.17) is 5.73 Å². The van der Waals surface area contributed by atoms with Crippen LogP contribution in [0.3, 0.4) is 0 Å². The van der Waals surface area contributed by atoms with Gasteiger partial charge in [-0.05, 0) is 6.92 Å². The Bertz CT molecular complexity index is 380. The highest BCUT2D eigenvalue weighted by molar-refractivity contribution is 7.93. The monoisotopic (exact) mass is 206 g/mol. The Hall–Kier alpha value is -0.620. The second kappa shape index (κ2) is 3.02. The van der Waals surface area contributed by atoms with Crippen molar-refractivity contribution in [2.24, 2.45) is 0 Å². The molecule has 0 saturated carbocycles. The van der Waals surface area contributed by atoms with Gasteiger partial charge in [-0.15, -0.1) is 0 Å². The second-order valence-electron chi connectivity index (χ2n) is 2.33. The Labute approximate surface area is 75.4 Å². The zero-order valence-electron chi connectivity index (χ0n) is 6.86. The van der Waals surface area contributed by atoms with Crippen LogP contribution in [0.15, 0.2) is 4.21 Å². The summed E-state index contributed by atoms with van der Waals surface area (Å²) in [7, 11) is -3.13. The van der Waals surface area contributed by atoms with E-state index in [0.29, 0.717) is 15.0 Å². The fourth-order valence-electron chi connectivity index (χ4n) is 0.822. The molecular formula is C6H10N2O2S2. The molecule has 1 heterocycles. The average molecular weight is 206 g/mol. The Morgan fingerprint density at radius 3 is 2.50 bits per heavy atom. The lowest BCUT2D eigenvalue weighted by Gasteiger charge is -1.95. The van der Waals surface area contributed by atoms with E-state index < -0.39 is 9.84 Å². The van der Waals surface area contributed by atoms with Crippen LogP contribution in [0.5, 0.6) is 0 Å². The summed E-state index contributed by atoms with van der Waals surface area (Å²) in [5, 5.41) is 0.305. The first-order valence-corrected chi connectivity index (χ1v) is 5.90. The molecule has 0 aromatic carbocycles. The topological polar surface area (TPSA) is 73.0 Å².